The van der Waals surface area contributed by atoms with E-state index in [0.717, 1.165) is 17.3 Å². The maximum Gasteiger partial charge on any atom is 0.272 e. The number of fused-ring (bicyclic) bond motifs is 3. The first-order valence-electron chi connectivity index (χ1n) is 14.1. The lowest BCUT2D eigenvalue weighted by Crippen LogP contribution is -2.59. The fourth-order valence-corrected chi connectivity index (χ4v) is 6.58. The number of pyridine rings is 1. The number of nitrogens with one attached hydrogen (secondary N) is 2. The van der Waals surface area contributed by atoms with Crippen molar-refractivity contribution in [3.8, 4) is 0 Å². The summed E-state index contributed by atoms with van der Waals surface area (Å²) in [5.74, 6) is 0.113. The summed E-state index contributed by atoms with van der Waals surface area (Å²) in [4.78, 5) is 51.7. The smallest absolute Gasteiger partial charge is 0.272 e. The van der Waals surface area contributed by atoms with Gasteiger partial charge in [-0.1, -0.05) is 57.9 Å². The van der Waals surface area contributed by atoms with Crippen LogP contribution in [-0.4, -0.2) is 68.7 Å². The van der Waals surface area contributed by atoms with Crippen molar-refractivity contribution < 1.29 is 14.4 Å². The van der Waals surface area contributed by atoms with Crippen LogP contribution in [-0.2, 0) is 4.79 Å². The number of nitrogens with zero attached hydrogens (tertiary/aromatic N) is 3. The van der Waals surface area contributed by atoms with Crippen molar-refractivity contribution in [2.24, 2.45) is 5.41 Å². The quantitative estimate of drug-likeness (QED) is 0.511. The van der Waals surface area contributed by atoms with Gasteiger partial charge in [-0.15, -0.1) is 0 Å². The number of H-pyrrole nitrogens is 1. The topological polar surface area (TPSA) is 98.4 Å². The number of carbonyl (C=O) groups is 3. The maximum atomic E-state index is 13.8. The number of aromatic amines is 1. The Morgan fingerprint density at radius 1 is 1.00 bits per heavy atom. The predicted molar refractivity (Wildman–Crippen MR) is 149 cm³/mol. The van der Waals surface area contributed by atoms with Crippen molar-refractivity contribution in [1.82, 2.24) is 25.1 Å². The molecule has 3 amide bonds. The number of aromatic nitrogens is 2. The zero-order chi connectivity index (χ0) is 27.3. The summed E-state index contributed by atoms with van der Waals surface area (Å²) >= 11 is 0. The number of carbonyl (C=O) groups excluding carboxylic acids is 3. The van der Waals surface area contributed by atoms with Gasteiger partial charge in [0.25, 0.3) is 11.8 Å². The molecule has 0 spiro atoms. The Balaban J connectivity index is 1.12. The lowest BCUT2D eigenvalue weighted by atomic mass is 9.85. The number of para-hydroxylation sites is 1. The Hall–Kier alpha value is -3.68. The van der Waals surface area contributed by atoms with E-state index in [-0.39, 0.29) is 29.8 Å². The molecular weight excluding hydrogens is 490 g/mol. The number of piperazine rings is 1. The van der Waals surface area contributed by atoms with E-state index in [1.54, 1.807) is 0 Å². The van der Waals surface area contributed by atoms with Gasteiger partial charge in [0.1, 0.15) is 17.4 Å². The molecule has 3 aliphatic rings. The van der Waals surface area contributed by atoms with E-state index >= 15 is 0 Å². The van der Waals surface area contributed by atoms with Crippen LogP contribution in [0, 0.1) is 5.41 Å². The summed E-state index contributed by atoms with van der Waals surface area (Å²) in [5.41, 5.74) is 2.53. The average Bonchev–Trinajstić information content (AvgIpc) is 3.73. The van der Waals surface area contributed by atoms with Crippen LogP contribution in [0.15, 0.2) is 48.7 Å². The van der Waals surface area contributed by atoms with Crippen LogP contribution in [0.4, 0.5) is 0 Å². The summed E-state index contributed by atoms with van der Waals surface area (Å²) in [6, 6.07) is 12.7. The standard InChI is InChI=1S/C31H37N5O3/c1-31(2,3)27(34-28(37)26-14-20-10-6-7-11-24(20)33-26)30(39)36-18-22-15-23(36)17-35(22)29(38)25-13-12-21(16-32-25)19-8-4-5-9-19/h6-7,10-14,16,19,22-23,27,33H,4-5,8-9,15,17-18H2,1-3H3,(H,34,37)/t22-,23-,27+/m0/s1. The molecule has 2 aromatic heterocycles. The van der Waals surface area contributed by atoms with Gasteiger partial charge in [0, 0.05) is 30.2 Å². The normalized spacial score (nSPS) is 22.0. The van der Waals surface area contributed by atoms with Crippen molar-refractivity contribution in [1.29, 1.82) is 0 Å². The first-order valence-corrected chi connectivity index (χ1v) is 14.1. The van der Waals surface area contributed by atoms with E-state index in [4.69, 9.17) is 0 Å². The third kappa shape index (κ3) is 4.81. The Labute approximate surface area is 229 Å². The maximum absolute atomic E-state index is 13.8. The average molecular weight is 528 g/mol. The van der Waals surface area contributed by atoms with Crippen LogP contribution >= 0.6 is 0 Å². The molecule has 3 atom stereocenters. The van der Waals surface area contributed by atoms with E-state index in [0.29, 0.717) is 30.4 Å². The number of likely N-dealkylation sites (tertiary alicyclic amines) is 2. The third-order valence-corrected chi connectivity index (χ3v) is 8.78. The highest BCUT2D eigenvalue weighted by molar-refractivity contribution is 6.00. The zero-order valence-electron chi connectivity index (χ0n) is 22.9. The molecule has 1 saturated carbocycles. The van der Waals surface area contributed by atoms with Crippen LogP contribution in [0.25, 0.3) is 10.9 Å². The van der Waals surface area contributed by atoms with Gasteiger partial charge in [-0.05, 0) is 54.4 Å². The molecule has 8 nitrogen and oxygen atoms in total. The highest BCUT2D eigenvalue weighted by Crippen LogP contribution is 2.35. The number of hydrogen-bond donors (Lipinski definition) is 2. The van der Waals surface area contributed by atoms with Crippen molar-refractivity contribution in [2.75, 3.05) is 13.1 Å². The molecular formula is C31H37N5O3. The number of amides is 3. The molecule has 4 heterocycles. The highest BCUT2D eigenvalue weighted by Gasteiger charge is 2.50. The van der Waals surface area contributed by atoms with E-state index in [1.165, 1.54) is 31.2 Å². The second-order valence-corrected chi connectivity index (χ2v) is 12.5. The molecule has 3 aromatic rings. The predicted octanol–water partition coefficient (Wildman–Crippen LogP) is 4.49. The molecule has 8 heteroatoms. The third-order valence-electron chi connectivity index (χ3n) is 8.78. The molecule has 39 heavy (non-hydrogen) atoms. The number of rotatable bonds is 5. The van der Waals surface area contributed by atoms with E-state index in [2.05, 4.69) is 21.4 Å². The molecule has 1 aromatic carbocycles. The summed E-state index contributed by atoms with van der Waals surface area (Å²) < 4.78 is 0. The fourth-order valence-electron chi connectivity index (χ4n) is 6.58. The minimum absolute atomic E-state index is 0.0345. The molecule has 0 unspecified atom stereocenters. The van der Waals surface area contributed by atoms with E-state index in [9.17, 15) is 14.4 Å². The number of hydrogen-bond acceptors (Lipinski definition) is 4. The van der Waals surface area contributed by atoms with Crippen LogP contribution in [0.2, 0.25) is 0 Å². The van der Waals surface area contributed by atoms with E-state index in [1.807, 2.05) is 73.2 Å². The fraction of sp³-hybridized carbons (Fsp3) is 0.484. The van der Waals surface area contributed by atoms with Gasteiger partial charge in [-0.25, -0.2) is 0 Å². The Bertz CT molecular complexity index is 1370. The molecule has 6 rings (SSSR count). The summed E-state index contributed by atoms with van der Waals surface area (Å²) in [6.07, 6.45) is 7.56. The van der Waals surface area contributed by atoms with Gasteiger partial charge in [0.05, 0.1) is 12.1 Å². The van der Waals surface area contributed by atoms with E-state index < -0.39 is 11.5 Å². The summed E-state index contributed by atoms with van der Waals surface area (Å²) in [7, 11) is 0. The van der Waals surface area contributed by atoms with Crippen LogP contribution in [0.5, 0.6) is 0 Å². The van der Waals surface area contributed by atoms with Gasteiger partial charge >= 0.3 is 0 Å². The minimum Gasteiger partial charge on any atom is -0.351 e. The molecule has 3 fully saturated rings. The summed E-state index contributed by atoms with van der Waals surface area (Å²) in [5, 5.41) is 3.96. The SMILES string of the molecule is CC(C)(C)[C@H](NC(=O)c1cc2ccccc2[nH]1)C(=O)N1C[C@@H]2C[C@H]1CN2C(=O)c1ccc(C2CCCC2)cn1. The van der Waals surface area contributed by atoms with Gasteiger partial charge < -0.3 is 20.1 Å². The summed E-state index contributed by atoms with van der Waals surface area (Å²) in [6.45, 7) is 6.86. The minimum atomic E-state index is -0.690. The molecule has 2 N–H and O–H groups in total. The second kappa shape index (κ2) is 9.81. The Morgan fingerprint density at radius 3 is 2.36 bits per heavy atom. The Kier molecular flexibility index (Phi) is 6.44. The molecule has 204 valence electrons. The van der Waals surface area contributed by atoms with Gasteiger partial charge in [0.2, 0.25) is 5.91 Å². The Morgan fingerprint density at radius 2 is 1.72 bits per heavy atom. The van der Waals surface area contributed by atoms with Gasteiger partial charge in [-0.2, -0.15) is 0 Å². The second-order valence-electron chi connectivity index (χ2n) is 12.5. The van der Waals surface area contributed by atoms with Crippen molar-refractivity contribution in [3.05, 3.63) is 65.6 Å². The monoisotopic (exact) mass is 527 g/mol. The van der Waals surface area contributed by atoms with Gasteiger partial charge in [-0.3, -0.25) is 19.4 Å². The van der Waals surface area contributed by atoms with Crippen LogP contribution in [0.3, 0.4) is 0 Å². The highest BCUT2D eigenvalue weighted by atomic mass is 16.2. The van der Waals surface area contributed by atoms with Crippen LogP contribution < -0.4 is 5.32 Å². The lowest BCUT2D eigenvalue weighted by molar-refractivity contribution is -0.138. The first kappa shape index (κ1) is 25.6. The first-order chi connectivity index (χ1) is 18.7. The zero-order valence-corrected chi connectivity index (χ0v) is 22.9. The largest absolute Gasteiger partial charge is 0.351 e. The molecule has 2 aliphatic heterocycles. The van der Waals surface area contributed by atoms with Crippen LogP contribution in [0.1, 0.15) is 85.3 Å². The lowest BCUT2D eigenvalue weighted by Gasteiger charge is -2.39. The molecule has 1 aliphatic carbocycles. The number of benzene rings is 1. The molecule has 0 radical (unpaired) electrons. The molecule has 2 bridgehead atoms. The van der Waals surface area contributed by atoms with Crippen molar-refractivity contribution >= 4 is 28.6 Å². The van der Waals surface area contributed by atoms with Crippen molar-refractivity contribution in [3.63, 3.8) is 0 Å². The molecule has 2 saturated heterocycles. The van der Waals surface area contributed by atoms with Crippen molar-refractivity contribution in [2.45, 2.75) is 76.9 Å². The van der Waals surface area contributed by atoms with Gasteiger partial charge in [0.15, 0.2) is 0 Å².